The van der Waals surface area contributed by atoms with Gasteiger partial charge in [-0.2, -0.15) is 0 Å². The molecule has 1 unspecified atom stereocenters. The zero-order valence-corrected chi connectivity index (χ0v) is 19.8. The minimum atomic E-state index is -0.0189. The molecule has 0 aromatic heterocycles. The van der Waals surface area contributed by atoms with E-state index in [1.165, 1.54) is 51.4 Å². The van der Waals surface area contributed by atoms with E-state index in [9.17, 15) is 0 Å². The third kappa shape index (κ3) is 12.4. The Kier molecular flexibility index (Phi) is 14.8. The molecule has 0 aliphatic carbocycles. The van der Waals surface area contributed by atoms with E-state index in [2.05, 4.69) is 24.3 Å². The summed E-state index contributed by atoms with van der Waals surface area (Å²) in [4.78, 5) is 0. The molecule has 2 rings (SSSR count). The van der Waals surface area contributed by atoms with Gasteiger partial charge in [-0.25, -0.2) is 0 Å². The number of rotatable bonds is 19. The van der Waals surface area contributed by atoms with Crippen LogP contribution in [0.1, 0.15) is 87.4 Å². The quantitative estimate of drug-likeness (QED) is 0.251. The Labute approximate surface area is 195 Å². The zero-order valence-electron chi connectivity index (χ0n) is 19.8. The van der Waals surface area contributed by atoms with E-state index in [0.717, 1.165) is 37.2 Å². The molecule has 32 heavy (non-hydrogen) atoms. The second-order valence-corrected chi connectivity index (χ2v) is 8.72. The number of nitrogens with two attached hydrogens (primary N) is 2. The van der Waals surface area contributed by atoms with Gasteiger partial charge in [0.2, 0.25) is 0 Å². The Hall–Kier alpha value is -1.72. The van der Waals surface area contributed by atoms with Gasteiger partial charge in [0.1, 0.15) is 0 Å². The molecule has 0 amide bonds. The summed E-state index contributed by atoms with van der Waals surface area (Å²) >= 11 is 0. The molecule has 4 N–H and O–H groups in total. The van der Waals surface area contributed by atoms with Crippen molar-refractivity contribution in [1.82, 2.24) is 0 Å². The van der Waals surface area contributed by atoms with Crippen molar-refractivity contribution in [2.24, 2.45) is 11.5 Å². The molecule has 0 spiro atoms. The average molecular weight is 441 g/mol. The van der Waals surface area contributed by atoms with Crippen LogP contribution in [-0.4, -0.2) is 26.4 Å². The zero-order chi connectivity index (χ0) is 22.7. The molecule has 178 valence electrons. The summed E-state index contributed by atoms with van der Waals surface area (Å²) < 4.78 is 11.5. The third-order valence-electron chi connectivity index (χ3n) is 5.88. The second-order valence-electron chi connectivity index (χ2n) is 8.72. The summed E-state index contributed by atoms with van der Waals surface area (Å²) in [5.41, 5.74) is 14.6. The number of hydrogen-bond donors (Lipinski definition) is 2. The maximum Gasteiger partial charge on any atom is 0.0659 e. The highest BCUT2D eigenvalue weighted by Crippen LogP contribution is 2.13. The Morgan fingerprint density at radius 2 is 0.781 bits per heavy atom. The van der Waals surface area contributed by atoms with Crippen molar-refractivity contribution >= 4 is 0 Å². The van der Waals surface area contributed by atoms with Gasteiger partial charge in [-0.05, 0) is 24.0 Å². The highest BCUT2D eigenvalue weighted by Gasteiger charge is 2.05. The third-order valence-corrected chi connectivity index (χ3v) is 5.88. The lowest BCUT2D eigenvalue weighted by molar-refractivity contribution is 0.117. The van der Waals surface area contributed by atoms with Gasteiger partial charge in [-0.1, -0.05) is 112 Å². The van der Waals surface area contributed by atoms with Crippen LogP contribution in [0.3, 0.4) is 0 Å². The van der Waals surface area contributed by atoms with Crippen molar-refractivity contribution in [3.05, 3.63) is 71.8 Å². The summed E-state index contributed by atoms with van der Waals surface area (Å²) in [5, 5.41) is 0. The van der Waals surface area contributed by atoms with Crippen LogP contribution in [0, 0.1) is 0 Å². The van der Waals surface area contributed by atoms with Gasteiger partial charge < -0.3 is 20.9 Å². The van der Waals surface area contributed by atoms with Gasteiger partial charge >= 0.3 is 0 Å². The van der Waals surface area contributed by atoms with E-state index < -0.39 is 0 Å². The number of unbranched alkanes of at least 4 members (excludes halogenated alkanes) is 9. The molecule has 0 saturated carbocycles. The van der Waals surface area contributed by atoms with Gasteiger partial charge in [-0.15, -0.1) is 0 Å². The lowest BCUT2D eigenvalue weighted by Crippen LogP contribution is -2.17. The number of ether oxygens (including phenoxy) is 2. The van der Waals surface area contributed by atoms with E-state index >= 15 is 0 Å². The second kappa shape index (κ2) is 17.8. The molecule has 2 atom stereocenters. The van der Waals surface area contributed by atoms with Crippen molar-refractivity contribution in [1.29, 1.82) is 0 Å². The van der Waals surface area contributed by atoms with Crippen LogP contribution in [0.25, 0.3) is 0 Å². The lowest BCUT2D eigenvalue weighted by atomic mass is 10.1. The Morgan fingerprint density at radius 1 is 0.469 bits per heavy atom. The molecule has 0 saturated heterocycles. The van der Waals surface area contributed by atoms with Gasteiger partial charge in [0.05, 0.1) is 25.3 Å². The Balaban J connectivity index is 1.28. The van der Waals surface area contributed by atoms with Crippen LogP contribution in [-0.2, 0) is 9.47 Å². The van der Waals surface area contributed by atoms with E-state index in [4.69, 9.17) is 20.9 Å². The first-order chi connectivity index (χ1) is 15.8. The predicted molar refractivity (Wildman–Crippen MR) is 135 cm³/mol. The predicted octanol–water partition coefficient (Wildman–Crippen LogP) is 6.32. The fourth-order valence-corrected chi connectivity index (χ4v) is 3.84. The molecule has 4 nitrogen and oxygen atoms in total. The van der Waals surface area contributed by atoms with Gasteiger partial charge in [0, 0.05) is 13.2 Å². The van der Waals surface area contributed by atoms with Crippen LogP contribution < -0.4 is 11.5 Å². The first kappa shape index (κ1) is 26.5. The maximum absolute atomic E-state index is 6.15. The molecule has 0 fully saturated rings. The molecular formula is C28H44N2O2. The molecule has 4 heteroatoms. The van der Waals surface area contributed by atoms with Crippen LogP contribution in [0.4, 0.5) is 0 Å². The van der Waals surface area contributed by atoms with Crippen LogP contribution >= 0.6 is 0 Å². The smallest absolute Gasteiger partial charge is 0.0659 e. The van der Waals surface area contributed by atoms with Gasteiger partial charge in [0.25, 0.3) is 0 Å². The van der Waals surface area contributed by atoms with Crippen molar-refractivity contribution in [2.45, 2.75) is 76.3 Å². The van der Waals surface area contributed by atoms with Crippen LogP contribution in [0.5, 0.6) is 0 Å². The van der Waals surface area contributed by atoms with Crippen LogP contribution in [0.2, 0.25) is 0 Å². The van der Waals surface area contributed by atoms with E-state index in [-0.39, 0.29) is 12.1 Å². The van der Waals surface area contributed by atoms with Crippen LogP contribution in [0.15, 0.2) is 60.7 Å². The van der Waals surface area contributed by atoms with E-state index in [1.807, 2.05) is 36.4 Å². The minimum Gasteiger partial charge on any atom is -0.379 e. The molecule has 0 heterocycles. The van der Waals surface area contributed by atoms with Gasteiger partial charge in [0.15, 0.2) is 0 Å². The molecule has 2 aromatic rings. The highest BCUT2D eigenvalue weighted by atomic mass is 16.5. The molecule has 0 bridgehead atoms. The SMILES string of the molecule is NC(COCCCCCCCCCCCCOC[C@@H](N)c1ccccc1)c1ccccc1. The first-order valence-corrected chi connectivity index (χ1v) is 12.5. The monoisotopic (exact) mass is 440 g/mol. The largest absolute Gasteiger partial charge is 0.379 e. The minimum absolute atomic E-state index is 0.0189. The van der Waals surface area contributed by atoms with Crippen molar-refractivity contribution < 1.29 is 9.47 Å². The van der Waals surface area contributed by atoms with Crippen molar-refractivity contribution in [2.75, 3.05) is 26.4 Å². The molecule has 0 radical (unpaired) electrons. The number of hydrogen-bond acceptors (Lipinski definition) is 4. The topological polar surface area (TPSA) is 70.5 Å². The van der Waals surface area contributed by atoms with E-state index in [1.54, 1.807) is 0 Å². The standard InChI is InChI=1S/C28H44N2O2/c29-27(25-17-11-9-12-18-25)23-31-21-15-7-5-3-1-2-4-6-8-16-22-32-24-28(30)26-19-13-10-14-20-26/h9-14,17-20,27-28H,1-8,15-16,21-24,29-30H2/t27-,28?/m1/s1. The molecule has 2 aromatic carbocycles. The molecule has 0 aliphatic heterocycles. The van der Waals surface area contributed by atoms with Crippen molar-refractivity contribution in [3.8, 4) is 0 Å². The summed E-state index contributed by atoms with van der Waals surface area (Å²) in [7, 11) is 0. The Morgan fingerprint density at radius 3 is 1.12 bits per heavy atom. The summed E-state index contributed by atoms with van der Waals surface area (Å²) in [6, 6.07) is 20.3. The highest BCUT2D eigenvalue weighted by molar-refractivity contribution is 5.19. The molecule has 0 aliphatic rings. The normalized spacial score (nSPS) is 13.2. The maximum atomic E-state index is 6.15. The molecular weight excluding hydrogens is 396 g/mol. The fourth-order valence-electron chi connectivity index (χ4n) is 3.84. The van der Waals surface area contributed by atoms with Crippen molar-refractivity contribution in [3.63, 3.8) is 0 Å². The number of benzene rings is 2. The fraction of sp³-hybridized carbons (Fsp3) is 0.571. The first-order valence-electron chi connectivity index (χ1n) is 12.5. The van der Waals surface area contributed by atoms with E-state index in [0.29, 0.717) is 13.2 Å². The average Bonchev–Trinajstić information content (AvgIpc) is 2.84. The lowest BCUT2D eigenvalue weighted by Gasteiger charge is -2.12. The summed E-state index contributed by atoms with van der Waals surface area (Å²) in [5.74, 6) is 0. The summed E-state index contributed by atoms with van der Waals surface area (Å²) in [6.45, 7) is 2.85. The Bertz CT molecular complexity index is 606. The summed E-state index contributed by atoms with van der Waals surface area (Å²) in [6.07, 6.45) is 12.8. The van der Waals surface area contributed by atoms with Gasteiger partial charge in [-0.3, -0.25) is 0 Å².